The van der Waals surface area contributed by atoms with E-state index in [4.69, 9.17) is 4.74 Å². The summed E-state index contributed by atoms with van der Waals surface area (Å²) in [6, 6.07) is 0. The van der Waals surface area contributed by atoms with Gasteiger partial charge in [-0.2, -0.15) is 17.6 Å². The number of aromatic amines is 1. The lowest BCUT2D eigenvalue weighted by Crippen LogP contribution is -2.34. The molecule has 1 rings (SSSR count). The highest BCUT2D eigenvalue weighted by Crippen LogP contribution is 2.17. The Morgan fingerprint density at radius 1 is 1.48 bits per heavy atom. The lowest BCUT2D eigenvalue weighted by atomic mass is 10.0. The predicted octanol–water partition coefficient (Wildman–Crippen LogP) is 2.72. The van der Waals surface area contributed by atoms with Gasteiger partial charge in [0.05, 0.1) is 24.6 Å². The van der Waals surface area contributed by atoms with Crippen LogP contribution in [0, 0.1) is 5.92 Å². The van der Waals surface area contributed by atoms with Gasteiger partial charge in [0.15, 0.2) is 0 Å². The number of nitrogens with zero attached hydrogens (tertiary/aromatic N) is 1. The average Bonchev–Trinajstić information content (AvgIpc) is 2.91. The van der Waals surface area contributed by atoms with E-state index in [1.807, 2.05) is 6.92 Å². The molecule has 21 heavy (non-hydrogen) atoms. The molecule has 1 heterocycles. The van der Waals surface area contributed by atoms with Gasteiger partial charge in [-0.05, 0) is 12.3 Å². The SMILES string of the molecule is CCCCc1nc(OC)c(CNC(=O)[C@@H](S)[C@@H](C)CC)[nH]1. The topological polar surface area (TPSA) is 67.0 Å². The minimum Gasteiger partial charge on any atom is -0.480 e. The predicted molar refractivity (Wildman–Crippen MR) is 87.8 cm³/mol. The summed E-state index contributed by atoms with van der Waals surface area (Å²) in [4.78, 5) is 19.7. The summed E-state index contributed by atoms with van der Waals surface area (Å²) < 4.78 is 5.25. The molecule has 2 atom stereocenters. The van der Waals surface area contributed by atoms with E-state index in [-0.39, 0.29) is 17.1 Å². The van der Waals surface area contributed by atoms with Gasteiger partial charge in [0.2, 0.25) is 11.8 Å². The zero-order valence-electron chi connectivity index (χ0n) is 13.4. The lowest BCUT2D eigenvalue weighted by molar-refractivity contribution is -0.121. The number of carbonyl (C=O) groups excluding carboxylic acids is 1. The number of methoxy groups -OCH3 is 1. The van der Waals surface area contributed by atoms with E-state index in [2.05, 4.69) is 41.8 Å². The number of amides is 1. The van der Waals surface area contributed by atoms with Gasteiger partial charge >= 0.3 is 0 Å². The van der Waals surface area contributed by atoms with Crippen molar-refractivity contribution in [3.05, 3.63) is 11.5 Å². The number of hydrogen-bond acceptors (Lipinski definition) is 4. The molecule has 1 aromatic rings. The third kappa shape index (κ3) is 5.26. The molecule has 0 saturated heterocycles. The van der Waals surface area contributed by atoms with Crippen LogP contribution in [-0.2, 0) is 17.8 Å². The molecule has 120 valence electrons. The van der Waals surface area contributed by atoms with Gasteiger partial charge in [0.1, 0.15) is 5.82 Å². The standard InChI is InChI=1S/C15H27N3O2S/c1-5-7-8-12-17-11(15(18-12)20-4)9-16-14(19)13(21)10(3)6-2/h10,13,21H,5-9H2,1-4H3,(H,16,19)(H,17,18)/t10-,13-/m0/s1. The fourth-order valence-electron chi connectivity index (χ4n) is 1.96. The highest BCUT2D eigenvalue weighted by molar-refractivity contribution is 7.81. The molecule has 0 spiro atoms. The highest BCUT2D eigenvalue weighted by atomic mass is 32.1. The second-order valence-corrected chi connectivity index (χ2v) is 5.88. The minimum atomic E-state index is -0.288. The van der Waals surface area contributed by atoms with Gasteiger partial charge in [0, 0.05) is 6.42 Å². The molecule has 0 saturated carbocycles. The van der Waals surface area contributed by atoms with Crippen molar-refractivity contribution < 1.29 is 9.53 Å². The molecule has 0 fully saturated rings. The van der Waals surface area contributed by atoms with Gasteiger partial charge in [-0.3, -0.25) is 4.79 Å². The Labute approximate surface area is 132 Å². The maximum atomic E-state index is 12.0. The van der Waals surface area contributed by atoms with Crippen molar-refractivity contribution in [2.24, 2.45) is 5.92 Å². The number of aryl methyl sites for hydroxylation is 1. The van der Waals surface area contributed by atoms with Crippen LogP contribution in [0.15, 0.2) is 0 Å². The molecule has 0 unspecified atom stereocenters. The molecule has 1 aromatic heterocycles. The normalized spacial score (nSPS) is 13.8. The summed E-state index contributed by atoms with van der Waals surface area (Å²) in [6.45, 7) is 6.60. The largest absolute Gasteiger partial charge is 0.480 e. The van der Waals surface area contributed by atoms with Crippen molar-refractivity contribution in [2.45, 2.75) is 58.2 Å². The molecule has 6 heteroatoms. The number of aromatic nitrogens is 2. The summed E-state index contributed by atoms with van der Waals surface area (Å²) in [6.07, 6.45) is 4.01. The highest BCUT2D eigenvalue weighted by Gasteiger charge is 2.20. The fraction of sp³-hybridized carbons (Fsp3) is 0.733. The van der Waals surface area contributed by atoms with Crippen LogP contribution < -0.4 is 10.1 Å². The maximum absolute atomic E-state index is 12.0. The quantitative estimate of drug-likeness (QED) is 0.614. The number of nitrogens with one attached hydrogen (secondary N) is 2. The van der Waals surface area contributed by atoms with E-state index in [1.54, 1.807) is 7.11 Å². The Hall–Kier alpha value is -1.17. The van der Waals surface area contributed by atoms with Crippen LogP contribution in [-0.4, -0.2) is 28.2 Å². The smallest absolute Gasteiger partial charge is 0.236 e. The Balaban J connectivity index is 2.61. The van der Waals surface area contributed by atoms with Crippen LogP contribution in [0.5, 0.6) is 5.88 Å². The number of imidazole rings is 1. The first kappa shape index (κ1) is 17.9. The van der Waals surface area contributed by atoms with Gasteiger partial charge in [0.25, 0.3) is 0 Å². The van der Waals surface area contributed by atoms with E-state index < -0.39 is 0 Å². The van der Waals surface area contributed by atoms with Crippen LogP contribution in [0.2, 0.25) is 0 Å². The summed E-state index contributed by atoms with van der Waals surface area (Å²) in [7, 11) is 1.59. The van der Waals surface area contributed by atoms with E-state index in [0.29, 0.717) is 12.4 Å². The zero-order valence-corrected chi connectivity index (χ0v) is 14.3. The zero-order chi connectivity index (χ0) is 15.8. The molecule has 0 aromatic carbocycles. The fourth-order valence-corrected chi connectivity index (χ4v) is 2.26. The number of H-pyrrole nitrogens is 1. The molecule has 0 aliphatic rings. The molecule has 0 aliphatic heterocycles. The first-order valence-corrected chi connectivity index (χ1v) is 8.12. The van der Waals surface area contributed by atoms with Gasteiger partial charge in [-0.1, -0.05) is 33.6 Å². The third-order valence-electron chi connectivity index (χ3n) is 3.64. The first-order chi connectivity index (χ1) is 10.0. The number of rotatable bonds is 9. The molecular weight excluding hydrogens is 286 g/mol. The number of hydrogen-bond donors (Lipinski definition) is 3. The van der Waals surface area contributed by atoms with Crippen molar-refractivity contribution in [3.8, 4) is 5.88 Å². The van der Waals surface area contributed by atoms with Crippen LogP contribution in [0.1, 0.15) is 51.6 Å². The third-order valence-corrected chi connectivity index (χ3v) is 4.38. The van der Waals surface area contributed by atoms with Crippen molar-refractivity contribution in [1.82, 2.24) is 15.3 Å². The Bertz CT molecular complexity index is 448. The van der Waals surface area contributed by atoms with E-state index >= 15 is 0 Å². The van der Waals surface area contributed by atoms with Crippen LogP contribution in [0.3, 0.4) is 0 Å². The van der Waals surface area contributed by atoms with Crippen molar-refractivity contribution >= 4 is 18.5 Å². The average molecular weight is 313 g/mol. The molecule has 0 aliphatic carbocycles. The molecule has 1 amide bonds. The molecule has 2 N–H and O–H groups in total. The first-order valence-electron chi connectivity index (χ1n) is 7.60. The lowest BCUT2D eigenvalue weighted by Gasteiger charge is -2.16. The molecule has 0 radical (unpaired) electrons. The Kier molecular flexibility index (Phi) is 7.64. The maximum Gasteiger partial charge on any atom is 0.236 e. The number of thiol groups is 1. The minimum absolute atomic E-state index is 0.0561. The molecular formula is C15H27N3O2S. The number of unbranched alkanes of at least 4 members (excludes halogenated alkanes) is 1. The second-order valence-electron chi connectivity index (χ2n) is 5.32. The Morgan fingerprint density at radius 2 is 2.19 bits per heavy atom. The van der Waals surface area contributed by atoms with Gasteiger partial charge < -0.3 is 15.0 Å². The van der Waals surface area contributed by atoms with E-state index in [9.17, 15) is 4.79 Å². The second kappa shape index (κ2) is 8.97. The van der Waals surface area contributed by atoms with Crippen LogP contribution in [0.4, 0.5) is 0 Å². The van der Waals surface area contributed by atoms with Crippen molar-refractivity contribution in [2.75, 3.05) is 7.11 Å². The van der Waals surface area contributed by atoms with Crippen molar-refractivity contribution in [1.29, 1.82) is 0 Å². The van der Waals surface area contributed by atoms with E-state index in [0.717, 1.165) is 37.2 Å². The summed E-state index contributed by atoms with van der Waals surface area (Å²) >= 11 is 4.38. The van der Waals surface area contributed by atoms with Gasteiger partial charge in [-0.15, -0.1) is 0 Å². The van der Waals surface area contributed by atoms with E-state index in [1.165, 1.54) is 0 Å². The molecule has 5 nitrogen and oxygen atoms in total. The number of ether oxygens (including phenoxy) is 1. The monoisotopic (exact) mass is 313 g/mol. The summed E-state index contributed by atoms with van der Waals surface area (Å²) in [5, 5.41) is 2.60. The number of carbonyl (C=O) groups is 1. The summed E-state index contributed by atoms with van der Waals surface area (Å²) in [5.41, 5.74) is 0.807. The summed E-state index contributed by atoms with van der Waals surface area (Å²) in [5.74, 6) is 1.65. The van der Waals surface area contributed by atoms with Crippen LogP contribution in [0.25, 0.3) is 0 Å². The van der Waals surface area contributed by atoms with Gasteiger partial charge in [-0.25, -0.2) is 0 Å². The Morgan fingerprint density at radius 3 is 2.76 bits per heavy atom. The van der Waals surface area contributed by atoms with Crippen LogP contribution >= 0.6 is 12.6 Å². The van der Waals surface area contributed by atoms with Crippen molar-refractivity contribution in [3.63, 3.8) is 0 Å². The molecule has 0 bridgehead atoms.